The van der Waals surface area contributed by atoms with Crippen LogP contribution in [0.25, 0.3) is 0 Å². The van der Waals surface area contributed by atoms with Crippen molar-refractivity contribution in [3.05, 3.63) is 95.6 Å². The zero-order valence-electron chi connectivity index (χ0n) is 24.8. The Bertz CT molecular complexity index is 1400. The van der Waals surface area contributed by atoms with Gasteiger partial charge in [-0.3, -0.25) is 14.4 Å². The van der Waals surface area contributed by atoms with Crippen LogP contribution in [0.5, 0.6) is 11.5 Å². The number of phenols is 2. The first-order valence-corrected chi connectivity index (χ1v) is 14.4. The molecule has 0 radical (unpaired) electrons. The second-order valence-electron chi connectivity index (χ2n) is 11.2. The quantitative estimate of drug-likeness (QED) is 0.137. The van der Waals surface area contributed by atoms with Gasteiger partial charge >= 0.3 is 5.97 Å². The number of carbonyl (C=O) groups is 4. The predicted octanol–water partition coefficient (Wildman–Crippen LogP) is 2.04. The first-order chi connectivity index (χ1) is 20.9. The van der Waals surface area contributed by atoms with E-state index in [-0.39, 0.29) is 43.1 Å². The number of carboxylic acids is 1. The number of hydrogen-bond donors (Lipinski definition) is 7. The first kappa shape index (κ1) is 33.6. The highest BCUT2D eigenvalue weighted by Gasteiger charge is 2.31. The lowest BCUT2D eigenvalue weighted by atomic mass is 10.00. The van der Waals surface area contributed by atoms with Crippen molar-refractivity contribution >= 4 is 23.7 Å². The number of nitrogens with two attached hydrogens (primary N) is 1. The van der Waals surface area contributed by atoms with E-state index in [0.29, 0.717) is 11.1 Å². The van der Waals surface area contributed by atoms with Gasteiger partial charge in [0, 0.05) is 12.8 Å². The third-order valence-corrected chi connectivity index (χ3v) is 6.98. The molecule has 234 valence electrons. The Morgan fingerprint density at radius 3 is 1.48 bits per heavy atom. The molecule has 0 saturated heterocycles. The molecule has 0 saturated carbocycles. The zero-order valence-corrected chi connectivity index (χ0v) is 24.8. The van der Waals surface area contributed by atoms with Crippen molar-refractivity contribution in [3.8, 4) is 11.5 Å². The average Bonchev–Trinajstić information content (AvgIpc) is 2.98. The minimum Gasteiger partial charge on any atom is -0.508 e. The maximum absolute atomic E-state index is 13.7. The molecule has 0 aliphatic rings. The van der Waals surface area contributed by atoms with Crippen LogP contribution in [0, 0.1) is 5.92 Å². The SMILES string of the molecule is CC(C)CC(NC(=O)C(Cc1ccccc1)NC(=O)C(Cc1ccc(O)cc1)NC(=O)C(N)Cc1ccc(O)cc1)C(=O)O. The van der Waals surface area contributed by atoms with Crippen LogP contribution in [-0.2, 0) is 38.4 Å². The number of nitrogens with one attached hydrogen (secondary N) is 3. The molecule has 8 N–H and O–H groups in total. The first-order valence-electron chi connectivity index (χ1n) is 14.4. The second-order valence-corrected chi connectivity index (χ2v) is 11.2. The van der Waals surface area contributed by atoms with Crippen molar-refractivity contribution in [2.75, 3.05) is 0 Å². The van der Waals surface area contributed by atoms with Crippen molar-refractivity contribution in [1.29, 1.82) is 0 Å². The van der Waals surface area contributed by atoms with Gasteiger partial charge in [-0.2, -0.15) is 0 Å². The molecule has 0 bridgehead atoms. The number of benzene rings is 3. The fraction of sp³-hybridized carbons (Fsp3) is 0.333. The second kappa shape index (κ2) is 16.1. The number of phenolic OH excluding ortho intramolecular Hbond substituents is 2. The van der Waals surface area contributed by atoms with Crippen molar-refractivity contribution in [3.63, 3.8) is 0 Å². The standard InChI is InChI=1S/C33H40N4O7/c1-20(2)16-29(33(43)44)37-32(42)28(18-21-6-4-3-5-7-21)36-31(41)27(19-23-10-14-25(39)15-11-23)35-30(40)26(34)17-22-8-12-24(38)13-9-22/h3-15,20,26-29,38-39H,16-19,34H2,1-2H3,(H,35,40)(H,36,41)(H,37,42)(H,43,44). The average molecular weight is 605 g/mol. The van der Waals surface area contributed by atoms with Gasteiger partial charge in [-0.05, 0) is 59.7 Å². The molecule has 0 aliphatic heterocycles. The summed E-state index contributed by atoms with van der Waals surface area (Å²) in [5.74, 6) is -3.03. The highest BCUT2D eigenvalue weighted by atomic mass is 16.4. The monoisotopic (exact) mass is 604 g/mol. The molecule has 11 heteroatoms. The van der Waals surface area contributed by atoms with E-state index in [1.807, 2.05) is 19.9 Å². The zero-order chi connectivity index (χ0) is 32.2. The highest BCUT2D eigenvalue weighted by Crippen LogP contribution is 2.14. The summed E-state index contributed by atoms with van der Waals surface area (Å²) in [6.45, 7) is 3.68. The molecule has 0 fully saturated rings. The Hall–Kier alpha value is -4.90. The van der Waals surface area contributed by atoms with Crippen LogP contribution in [0.3, 0.4) is 0 Å². The fourth-order valence-electron chi connectivity index (χ4n) is 4.63. The van der Waals surface area contributed by atoms with Crippen LogP contribution in [0.15, 0.2) is 78.9 Å². The van der Waals surface area contributed by atoms with Crippen molar-refractivity contribution in [1.82, 2.24) is 16.0 Å². The summed E-state index contributed by atoms with van der Waals surface area (Å²) in [5.41, 5.74) is 8.23. The number of hydrogen-bond acceptors (Lipinski definition) is 7. The van der Waals surface area contributed by atoms with Crippen LogP contribution in [-0.4, -0.2) is 63.2 Å². The lowest BCUT2D eigenvalue weighted by Crippen LogP contribution is -2.58. The molecule has 3 aromatic rings. The van der Waals surface area contributed by atoms with E-state index in [2.05, 4.69) is 16.0 Å². The number of amides is 3. The van der Waals surface area contributed by atoms with Gasteiger partial charge in [0.1, 0.15) is 29.6 Å². The summed E-state index contributed by atoms with van der Waals surface area (Å²) in [7, 11) is 0. The molecule has 0 heterocycles. The molecule has 0 spiro atoms. The Labute approximate surface area is 256 Å². The Kier molecular flexibility index (Phi) is 12.3. The molecule has 3 rings (SSSR count). The normalized spacial score (nSPS) is 13.7. The smallest absolute Gasteiger partial charge is 0.326 e. The van der Waals surface area contributed by atoms with E-state index < -0.39 is 47.9 Å². The number of aromatic hydroxyl groups is 2. The third-order valence-electron chi connectivity index (χ3n) is 6.98. The molecule has 3 aromatic carbocycles. The summed E-state index contributed by atoms with van der Waals surface area (Å²) in [4.78, 5) is 52.2. The molecular weight excluding hydrogens is 564 g/mol. The predicted molar refractivity (Wildman–Crippen MR) is 165 cm³/mol. The molecular formula is C33H40N4O7. The van der Waals surface area contributed by atoms with Crippen LogP contribution in [0.1, 0.15) is 37.0 Å². The topological polar surface area (TPSA) is 191 Å². The van der Waals surface area contributed by atoms with Gasteiger partial charge in [-0.1, -0.05) is 68.4 Å². The Balaban J connectivity index is 1.83. The Morgan fingerprint density at radius 1 is 0.614 bits per heavy atom. The minimum atomic E-state index is -1.18. The van der Waals surface area contributed by atoms with E-state index >= 15 is 0 Å². The summed E-state index contributed by atoms with van der Waals surface area (Å²) in [6.07, 6.45) is 0.442. The van der Waals surface area contributed by atoms with Crippen LogP contribution in [0.4, 0.5) is 0 Å². The molecule has 3 amide bonds. The summed E-state index contributed by atoms with van der Waals surface area (Å²) in [6, 6.07) is 16.8. The molecule has 4 unspecified atom stereocenters. The summed E-state index contributed by atoms with van der Waals surface area (Å²) >= 11 is 0. The maximum Gasteiger partial charge on any atom is 0.326 e. The summed E-state index contributed by atoms with van der Waals surface area (Å²) < 4.78 is 0. The number of carbonyl (C=O) groups excluding carboxylic acids is 3. The van der Waals surface area contributed by atoms with E-state index in [9.17, 15) is 34.5 Å². The van der Waals surface area contributed by atoms with E-state index in [1.54, 1.807) is 48.5 Å². The minimum absolute atomic E-state index is 0.00532. The van der Waals surface area contributed by atoms with Gasteiger partial charge in [-0.25, -0.2) is 4.79 Å². The van der Waals surface area contributed by atoms with Gasteiger partial charge in [0.15, 0.2) is 0 Å². The van der Waals surface area contributed by atoms with E-state index in [0.717, 1.165) is 5.56 Å². The van der Waals surface area contributed by atoms with Crippen LogP contribution in [0.2, 0.25) is 0 Å². The summed E-state index contributed by atoms with van der Waals surface area (Å²) in [5, 5.41) is 36.9. The molecule has 44 heavy (non-hydrogen) atoms. The Morgan fingerprint density at radius 2 is 1.02 bits per heavy atom. The maximum atomic E-state index is 13.7. The number of rotatable bonds is 15. The van der Waals surface area contributed by atoms with Crippen LogP contribution >= 0.6 is 0 Å². The van der Waals surface area contributed by atoms with Crippen LogP contribution < -0.4 is 21.7 Å². The van der Waals surface area contributed by atoms with Crippen molar-refractivity contribution in [2.24, 2.45) is 11.7 Å². The van der Waals surface area contributed by atoms with Gasteiger partial charge in [0.25, 0.3) is 0 Å². The van der Waals surface area contributed by atoms with E-state index in [1.165, 1.54) is 24.3 Å². The molecule has 0 aromatic heterocycles. The molecule has 4 atom stereocenters. The lowest BCUT2D eigenvalue weighted by molar-refractivity contribution is -0.142. The van der Waals surface area contributed by atoms with Crippen molar-refractivity contribution in [2.45, 2.75) is 63.7 Å². The van der Waals surface area contributed by atoms with Crippen molar-refractivity contribution < 1.29 is 34.5 Å². The fourth-order valence-corrected chi connectivity index (χ4v) is 4.63. The van der Waals surface area contributed by atoms with Gasteiger partial charge in [-0.15, -0.1) is 0 Å². The molecule has 11 nitrogen and oxygen atoms in total. The molecule has 0 aliphatic carbocycles. The van der Waals surface area contributed by atoms with Gasteiger partial charge in [0.05, 0.1) is 6.04 Å². The number of carboxylic acid groups (broad SMARTS) is 1. The van der Waals surface area contributed by atoms with E-state index in [4.69, 9.17) is 5.73 Å². The van der Waals surface area contributed by atoms with Gasteiger partial charge < -0.3 is 37.0 Å². The highest BCUT2D eigenvalue weighted by molar-refractivity contribution is 5.94. The van der Waals surface area contributed by atoms with Gasteiger partial charge in [0.2, 0.25) is 17.7 Å². The largest absolute Gasteiger partial charge is 0.508 e. The number of aliphatic carboxylic acids is 1. The third kappa shape index (κ3) is 10.7. The lowest BCUT2D eigenvalue weighted by Gasteiger charge is -2.26.